The second-order valence-electron chi connectivity index (χ2n) is 7.56. The van der Waals surface area contributed by atoms with E-state index in [1.165, 1.54) is 0 Å². The zero-order chi connectivity index (χ0) is 20.2. The van der Waals surface area contributed by atoms with Crippen LogP contribution in [0.5, 0.6) is 17.2 Å². The van der Waals surface area contributed by atoms with E-state index < -0.39 is 0 Å². The monoisotopic (exact) mass is 397 g/mol. The number of morpholine rings is 1. The lowest BCUT2D eigenvalue weighted by atomic mass is 10.0. The molecule has 0 radical (unpaired) electrons. The molecule has 0 aliphatic carbocycles. The minimum absolute atomic E-state index is 0.0244. The molecule has 2 saturated heterocycles. The van der Waals surface area contributed by atoms with Crippen molar-refractivity contribution in [3.05, 3.63) is 48.3 Å². The highest BCUT2D eigenvalue weighted by atomic mass is 16.5. The molecule has 3 heterocycles. The third-order valence-electron chi connectivity index (χ3n) is 5.63. The van der Waals surface area contributed by atoms with Gasteiger partial charge >= 0.3 is 0 Å². The summed E-state index contributed by atoms with van der Waals surface area (Å²) in [5.74, 6) is 2.46. The summed E-state index contributed by atoms with van der Waals surface area (Å²) >= 11 is 0. The molecule has 7 nitrogen and oxygen atoms in total. The van der Waals surface area contributed by atoms with Crippen molar-refractivity contribution in [3.63, 3.8) is 0 Å². The van der Waals surface area contributed by atoms with Gasteiger partial charge in [0.25, 0.3) is 5.91 Å². The number of rotatable bonds is 5. The van der Waals surface area contributed by atoms with Crippen molar-refractivity contribution in [2.75, 3.05) is 46.5 Å². The van der Waals surface area contributed by atoms with Crippen molar-refractivity contribution in [1.29, 1.82) is 0 Å². The first-order valence-electron chi connectivity index (χ1n) is 10.0. The third kappa shape index (κ3) is 4.52. The van der Waals surface area contributed by atoms with E-state index in [0.29, 0.717) is 29.2 Å². The van der Waals surface area contributed by atoms with Gasteiger partial charge in [-0.2, -0.15) is 0 Å². The molecule has 1 aromatic heterocycles. The first-order valence-corrected chi connectivity index (χ1v) is 10.0. The zero-order valence-corrected chi connectivity index (χ0v) is 16.9. The Morgan fingerprint density at radius 3 is 2.38 bits per heavy atom. The van der Waals surface area contributed by atoms with E-state index in [1.807, 2.05) is 29.2 Å². The maximum atomic E-state index is 12.9. The van der Waals surface area contributed by atoms with Gasteiger partial charge in [-0.3, -0.25) is 9.69 Å². The second kappa shape index (κ2) is 8.80. The Balaban J connectivity index is 1.37. The largest absolute Gasteiger partial charge is 0.497 e. The molecule has 7 heteroatoms. The number of hydrogen-bond donors (Lipinski definition) is 0. The lowest BCUT2D eigenvalue weighted by molar-refractivity contribution is 0.0119. The van der Waals surface area contributed by atoms with Crippen LogP contribution in [0.4, 0.5) is 0 Å². The first-order chi connectivity index (χ1) is 14.1. The lowest BCUT2D eigenvalue weighted by Gasteiger charge is -2.33. The van der Waals surface area contributed by atoms with Crippen LogP contribution >= 0.6 is 0 Å². The maximum absolute atomic E-state index is 12.9. The smallest absolute Gasteiger partial charge is 0.272 e. The number of methoxy groups -OCH3 is 1. The van der Waals surface area contributed by atoms with Gasteiger partial charge in [0.1, 0.15) is 22.9 Å². The average Bonchev–Trinajstić information content (AvgIpc) is 3.16. The van der Waals surface area contributed by atoms with Crippen LogP contribution in [-0.2, 0) is 4.74 Å². The molecule has 2 aromatic rings. The fourth-order valence-electron chi connectivity index (χ4n) is 4.01. The molecule has 1 aromatic carbocycles. The van der Waals surface area contributed by atoms with Crippen LogP contribution in [0.15, 0.2) is 42.6 Å². The molecule has 2 fully saturated rings. The van der Waals surface area contributed by atoms with E-state index in [-0.39, 0.29) is 5.91 Å². The summed E-state index contributed by atoms with van der Waals surface area (Å²) in [5.41, 5.74) is 0.446. The number of carbonyl (C=O) groups excluding carboxylic acids is 1. The topological polar surface area (TPSA) is 64.1 Å². The quantitative estimate of drug-likeness (QED) is 0.773. The number of hydrogen-bond acceptors (Lipinski definition) is 6. The van der Waals surface area contributed by atoms with Crippen LogP contribution < -0.4 is 9.47 Å². The van der Waals surface area contributed by atoms with Crippen LogP contribution in [0, 0.1) is 5.92 Å². The molecule has 29 heavy (non-hydrogen) atoms. The summed E-state index contributed by atoms with van der Waals surface area (Å²) in [6.45, 7) is 7.13. The highest BCUT2D eigenvalue weighted by Gasteiger charge is 2.37. The molecule has 0 bridgehead atoms. The van der Waals surface area contributed by atoms with Gasteiger partial charge in [-0.25, -0.2) is 4.98 Å². The number of ether oxygens (including phenoxy) is 3. The van der Waals surface area contributed by atoms with Crippen molar-refractivity contribution in [2.24, 2.45) is 5.92 Å². The van der Waals surface area contributed by atoms with Crippen LogP contribution in [0.25, 0.3) is 0 Å². The van der Waals surface area contributed by atoms with Gasteiger partial charge in [0.2, 0.25) is 0 Å². The van der Waals surface area contributed by atoms with Crippen molar-refractivity contribution in [1.82, 2.24) is 14.8 Å². The summed E-state index contributed by atoms with van der Waals surface area (Å²) in [6, 6.07) is 11.2. The van der Waals surface area contributed by atoms with Crippen molar-refractivity contribution in [2.45, 2.75) is 13.0 Å². The van der Waals surface area contributed by atoms with Crippen LogP contribution in [0.3, 0.4) is 0 Å². The minimum atomic E-state index is -0.0244. The molecular formula is C22H27N3O4. The van der Waals surface area contributed by atoms with Gasteiger partial charge < -0.3 is 19.1 Å². The minimum Gasteiger partial charge on any atom is -0.497 e. The highest BCUT2D eigenvalue weighted by molar-refractivity contribution is 5.92. The van der Waals surface area contributed by atoms with E-state index in [9.17, 15) is 4.79 Å². The Labute approximate surface area is 171 Å². The number of aromatic nitrogens is 1. The van der Waals surface area contributed by atoms with E-state index in [1.54, 1.807) is 25.4 Å². The number of nitrogens with zero attached hydrogens (tertiary/aromatic N) is 3. The third-order valence-corrected chi connectivity index (χ3v) is 5.63. The summed E-state index contributed by atoms with van der Waals surface area (Å²) in [4.78, 5) is 21.6. The molecule has 0 saturated carbocycles. The normalized spacial score (nSPS) is 22.5. The number of benzene rings is 1. The lowest BCUT2D eigenvalue weighted by Crippen LogP contribution is -2.47. The van der Waals surface area contributed by atoms with E-state index in [0.717, 1.165) is 45.1 Å². The Bertz CT molecular complexity index is 819. The molecule has 0 spiro atoms. The molecule has 2 aliphatic heterocycles. The number of pyridine rings is 1. The maximum Gasteiger partial charge on any atom is 0.272 e. The molecule has 2 unspecified atom stereocenters. The van der Waals surface area contributed by atoms with Gasteiger partial charge in [0, 0.05) is 32.2 Å². The predicted octanol–water partition coefficient (Wildman–Crippen LogP) is 2.68. The summed E-state index contributed by atoms with van der Waals surface area (Å²) in [6.07, 6.45) is 1.59. The van der Waals surface area contributed by atoms with Crippen molar-refractivity contribution < 1.29 is 19.0 Å². The Hall–Kier alpha value is -2.64. The van der Waals surface area contributed by atoms with Gasteiger partial charge in [-0.05, 0) is 42.3 Å². The predicted molar refractivity (Wildman–Crippen MR) is 109 cm³/mol. The SMILES string of the molecule is COc1ccc(Oc2ccc(C(=O)N3CC(C)C(N4CCOCC4)C3)nc2)cc1. The molecule has 1 amide bonds. The molecule has 2 atom stereocenters. The second-order valence-corrected chi connectivity index (χ2v) is 7.56. The summed E-state index contributed by atoms with van der Waals surface area (Å²) in [5, 5.41) is 0. The fourth-order valence-corrected chi connectivity index (χ4v) is 4.01. The molecule has 154 valence electrons. The molecule has 4 rings (SSSR count). The zero-order valence-electron chi connectivity index (χ0n) is 16.9. The summed E-state index contributed by atoms with van der Waals surface area (Å²) in [7, 11) is 1.62. The Morgan fingerprint density at radius 2 is 1.72 bits per heavy atom. The number of amides is 1. The van der Waals surface area contributed by atoms with Crippen LogP contribution in [0.1, 0.15) is 17.4 Å². The molecule has 0 N–H and O–H groups in total. The van der Waals surface area contributed by atoms with Crippen molar-refractivity contribution in [3.8, 4) is 17.2 Å². The van der Waals surface area contributed by atoms with Gasteiger partial charge in [-0.1, -0.05) is 6.92 Å². The van der Waals surface area contributed by atoms with E-state index in [4.69, 9.17) is 14.2 Å². The Kier molecular flexibility index (Phi) is 5.97. The van der Waals surface area contributed by atoms with Crippen LogP contribution in [0.2, 0.25) is 0 Å². The number of likely N-dealkylation sites (tertiary alicyclic amines) is 1. The van der Waals surface area contributed by atoms with Gasteiger partial charge in [-0.15, -0.1) is 0 Å². The first kappa shape index (κ1) is 19.7. The molecule has 2 aliphatic rings. The average molecular weight is 397 g/mol. The Morgan fingerprint density at radius 1 is 1.03 bits per heavy atom. The highest BCUT2D eigenvalue weighted by Crippen LogP contribution is 2.26. The summed E-state index contributed by atoms with van der Waals surface area (Å²) < 4.78 is 16.4. The van der Waals surface area contributed by atoms with Crippen LogP contribution in [-0.4, -0.2) is 73.2 Å². The van der Waals surface area contributed by atoms with E-state index >= 15 is 0 Å². The molecular weight excluding hydrogens is 370 g/mol. The number of carbonyl (C=O) groups is 1. The standard InChI is InChI=1S/C22H27N3O4/c1-16-14-25(15-21(16)24-9-11-28-12-10-24)22(26)20-8-7-19(13-23-20)29-18-5-3-17(27-2)4-6-18/h3-8,13,16,21H,9-12,14-15H2,1-2H3. The van der Waals surface area contributed by atoms with Gasteiger partial charge in [0.15, 0.2) is 0 Å². The van der Waals surface area contributed by atoms with Crippen molar-refractivity contribution >= 4 is 5.91 Å². The van der Waals surface area contributed by atoms with Gasteiger partial charge in [0.05, 0.1) is 26.5 Å². The fraction of sp³-hybridized carbons (Fsp3) is 0.455. The van der Waals surface area contributed by atoms with E-state index in [2.05, 4.69) is 16.8 Å².